The van der Waals surface area contributed by atoms with E-state index in [1.165, 1.54) is 51.4 Å². The van der Waals surface area contributed by atoms with Crippen molar-refractivity contribution in [1.29, 1.82) is 0 Å². The summed E-state index contributed by atoms with van der Waals surface area (Å²) in [6.45, 7) is 0. The summed E-state index contributed by atoms with van der Waals surface area (Å²) in [6, 6.07) is 6.14. The molecule has 2 fully saturated rings. The van der Waals surface area contributed by atoms with Gasteiger partial charge in [-0.2, -0.15) is 17.7 Å². The molecule has 19 heavy (non-hydrogen) atoms. The van der Waals surface area contributed by atoms with Crippen LogP contribution in [0.4, 0.5) is 0 Å². The zero-order valence-corrected chi connectivity index (χ0v) is 12.0. The van der Waals surface area contributed by atoms with Crippen molar-refractivity contribution in [2.75, 3.05) is 0 Å². The Labute approximate surface area is 128 Å². The Bertz CT molecular complexity index is 456. The molecule has 0 spiro atoms. The summed E-state index contributed by atoms with van der Waals surface area (Å²) in [5, 5.41) is 0. The van der Waals surface area contributed by atoms with Crippen LogP contribution in [0.2, 0.25) is 0 Å². The molecule has 4 bridgehead atoms. The van der Waals surface area contributed by atoms with Crippen LogP contribution in [0.1, 0.15) is 97.3 Å². The van der Waals surface area contributed by atoms with Crippen LogP contribution < -0.4 is 18.9 Å². The summed E-state index contributed by atoms with van der Waals surface area (Å²) in [5.41, 5.74) is 7.05. The maximum absolute atomic E-state index is 3.73. The predicted molar refractivity (Wildman–Crippen MR) is 73.2 cm³/mol. The van der Waals surface area contributed by atoms with Crippen LogP contribution in [0.15, 0.2) is 6.07 Å². The largest absolute Gasteiger partial charge is 1.00 e. The number of benzene rings is 1. The van der Waals surface area contributed by atoms with E-state index >= 15 is 0 Å². The second-order valence-corrected chi connectivity index (χ2v) is 7.08. The second-order valence-electron chi connectivity index (χ2n) is 7.08. The summed E-state index contributed by atoms with van der Waals surface area (Å²) in [4.78, 5) is 0. The van der Waals surface area contributed by atoms with E-state index in [-0.39, 0.29) is 18.9 Å². The Morgan fingerprint density at radius 1 is 0.684 bits per heavy atom. The summed E-state index contributed by atoms with van der Waals surface area (Å²) >= 11 is 0. The van der Waals surface area contributed by atoms with Crippen molar-refractivity contribution in [2.24, 2.45) is 0 Å². The van der Waals surface area contributed by atoms with E-state index in [0.717, 1.165) is 23.7 Å². The zero-order chi connectivity index (χ0) is 11.7. The molecule has 0 aromatic heterocycles. The molecule has 1 aromatic carbocycles. The second kappa shape index (κ2) is 4.41. The molecule has 1 aromatic rings. The van der Waals surface area contributed by atoms with E-state index in [0.29, 0.717) is 0 Å². The van der Waals surface area contributed by atoms with Crippen LogP contribution >= 0.6 is 0 Å². The standard InChI is InChI=1S/C18H21.Li/c1-5-13-6-2-11(1)15-9-10-16-12-3-7-14(8-4-12)18(16)17(13)15;/h9,11-14H,1-8H2;/q-1;+1. The minimum atomic E-state index is 0. The molecule has 0 atom stereocenters. The van der Waals surface area contributed by atoms with Crippen LogP contribution in [-0.4, -0.2) is 0 Å². The van der Waals surface area contributed by atoms with Crippen molar-refractivity contribution in [3.05, 3.63) is 34.4 Å². The van der Waals surface area contributed by atoms with Gasteiger partial charge in [0, 0.05) is 0 Å². The van der Waals surface area contributed by atoms with Crippen LogP contribution in [-0.2, 0) is 0 Å². The molecular weight excluding hydrogens is 223 g/mol. The van der Waals surface area contributed by atoms with E-state index in [9.17, 15) is 0 Å². The first-order valence-electron chi connectivity index (χ1n) is 8.00. The quantitative estimate of drug-likeness (QED) is 0.484. The monoisotopic (exact) mass is 244 g/mol. The van der Waals surface area contributed by atoms with Crippen molar-refractivity contribution in [2.45, 2.75) is 75.0 Å². The van der Waals surface area contributed by atoms with E-state index in [2.05, 4.69) is 12.1 Å². The molecule has 0 radical (unpaired) electrons. The third-order valence-electron chi connectivity index (χ3n) is 6.39. The van der Waals surface area contributed by atoms with Gasteiger partial charge in [0.2, 0.25) is 0 Å². The zero-order valence-electron chi connectivity index (χ0n) is 12.0. The molecule has 0 heterocycles. The van der Waals surface area contributed by atoms with Crippen molar-refractivity contribution in [3.63, 3.8) is 0 Å². The fraction of sp³-hybridized carbons (Fsp3) is 0.667. The van der Waals surface area contributed by atoms with Gasteiger partial charge in [0.15, 0.2) is 0 Å². The van der Waals surface area contributed by atoms with E-state index in [1.54, 1.807) is 11.1 Å². The summed E-state index contributed by atoms with van der Waals surface area (Å²) < 4.78 is 0. The van der Waals surface area contributed by atoms with Gasteiger partial charge in [-0.05, 0) is 37.5 Å². The van der Waals surface area contributed by atoms with Gasteiger partial charge in [-0.3, -0.25) is 0 Å². The molecule has 7 rings (SSSR count). The number of rotatable bonds is 0. The molecule has 0 saturated heterocycles. The molecule has 0 amide bonds. The van der Waals surface area contributed by atoms with Gasteiger partial charge in [0.1, 0.15) is 0 Å². The fourth-order valence-electron chi connectivity index (χ4n) is 5.55. The van der Waals surface area contributed by atoms with Gasteiger partial charge < -0.3 is 0 Å². The third-order valence-corrected chi connectivity index (χ3v) is 6.39. The van der Waals surface area contributed by atoms with E-state index in [4.69, 9.17) is 0 Å². The Morgan fingerprint density at radius 3 is 1.89 bits per heavy atom. The van der Waals surface area contributed by atoms with Crippen molar-refractivity contribution in [1.82, 2.24) is 0 Å². The molecule has 0 nitrogen and oxygen atoms in total. The number of fused-ring (bicyclic) bond motifs is 4. The molecule has 6 aliphatic rings. The normalized spacial score (nSPS) is 37.5. The molecule has 2 saturated carbocycles. The molecule has 94 valence electrons. The maximum Gasteiger partial charge on any atom is 1.00 e. The van der Waals surface area contributed by atoms with Gasteiger partial charge in [-0.1, -0.05) is 37.5 Å². The molecule has 0 N–H and O–H groups in total. The Morgan fingerprint density at radius 2 is 1.21 bits per heavy atom. The molecule has 6 aliphatic carbocycles. The average Bonchev–Trinajstić information content (AvgIpc) is 2.49. The first-order valence-corrected chi connectivity index (χ1v) is 8.00. The van der Waals surface area contributed by atoms with Crippen molar-refractivity contribution < 1.29 is 18.9 Å². The van der Waals surface area contributed by atoms with Gasteiger partial charge >= 0.3 is 18.9 Å². The van der Waals surface area contributed by atoms with Gasteiger partial charge in [0.05, 0.1) is 0 Å². The first kappa shape index (κ1) is 12.5. The molecule has 0 unspecified atom stereocenters. The van der Waals surface area contributed by atoms with Gasteiger partial charge in [0.25, 0.3) is 0 Å². The van der Waals surface area contributed by atoms with Crippen LogP contribution in [0.25, 0.3) is 0 Å². The third kappa shape index (κ3) is 1.60. The smallest absolute Gasteiger partial charge is 0.180 e. The average molecular weight is 244 g/mol. The Kier molecular flexibility index (Phi) is 2.91. The molecular formula is C18H21Li. The Hall–Kier alpha value is -0.183. The van der Waals surface area contributed by atoms with E-state index < -0.39 is 0 Å². The van der Waals surface area contributed by atoms with Gasteiger partial charge in [-0.15, -0.1) is 16.7 Å². The number of hydrogen-bond donors (Lipinski definition) is 0. The fourth-order valence-corrected chi connectivity index (χ4v) is 5.55. The molecule has 0 aliphatic heterocycles. The SMILES string of the molecule is [Li+].[c-]1cc2c(c3c1C1CCC3CC1)C1CCC2CC1. The molecule has 1 heteroatoms. The van der Waals surface area contributed by atoms with Crippen LogP contribution in [0, 0.1) is 6.07 Å². The van der Waals surface area contributed by atoms with Crippen LogP contribution in [0.3, 0.4) is 0 Å². The summed E-state index contributed by atoms with van der Waals surface area (Å²) in [5.74, 6) is 3.60. The van der Waals surface area contributed by atoms with E-state index in [1.807, 2.05) is 11.1 Å². The first-order chi connectivity index (χ1) is 8.92. The van der Waals surface area contributed by atoms with Crippen molar-refractivity contribution in [3.8, 4) is 0 Å². The Balaban J connectivity index is 0.000000968. The maximum atomic E-state index is 3.73. The minimum absolute atomic E-state index is 0. The van der Waals surface area contributed by atoms with Crippen molar-refractivity contribution >= 4 is 0 Å². The summed E-state index contributed by atoms with van der Waals surface area (Å²) in [6.07, 6.45) is 11.7. The minimum Gasteiger partial charge on any atom is -0.180 e. The summed E-state index contributed by atoms with van der Waals surface area (Å²) in [7, 11) is 0. The predicted octanol–water partition coefficient (Wildman–Crippen LogP) is 2.00. The topological polar surface area (TPSA) is 0 Å². The van der Waals surface area contributed by atoms with Gasteiger partial charge in [-0.25, -0.2) is 0 Å². The number of hydrogen-bond acceptors (Lipinski definition) is 0. The van der Waals surface area contributed by atoms with Crippen LogP contribution in [0.5, 0.6) is 0 Å².